The van der Waals surface area contributed by atoms with Gasteiger partial charge in [0.15, 0.2) is 0 Å². The van der Waals surface area contributed by atoms with Gasteiger partial charge < -0.3 is 10.0 Å². The van der Waals surface area contributed by atoms with E-state index in [1.165, 1.54) is 12.8 Å². The normalized spacial score (nSPS) is 17.2. The number of hydrogen-bond donors (Lipinski definition) is 1. The van der Waals surface area contributed by atoms with Crippen LogP contribution in [0.15, 0.2) is 12.3 Å². The third-order valence-corrected chi connectivity index (χ3v) is 3.56. The zero-order valence-corrected chi connectivity index (χ0v) is 10.3. The molecule has 1 aliphatic rings. The molecule has 1 fully saturated rings. The number of nitrogens with zero attached hydrogens (tertiary/aromatic N) is 2. The van der Waals surface area contributed by atoms with Gasteiger partial charge in [0.25, 0.3) is 0 Å². The van der Waals surface area contributed by atoms with E-state index in [0.29, 0.717) is 6.04 Å². The van der Waals surface area contributed by atoms with Crippen LogP contribution in [0.5, 0.6) is 0 Å². The first-order valence-corrected chi connectivity index (χ1v) is 5.92. The maximum atomic E-state index is 9.33. The van der Waals surface area contributed by atoms with Crippen molar-refractivity contribution < 1.29 is 5.11 Å². The molecule has 0 aliphatic heterocycles. The number of aromatic nitrogens is 1. The Morgan fingerprint density at radius 1 is 1.56 bits per heavy atom. The number of anilines is 1. The number of pyridine rings is 1. The summed E-state index contributed by atoms with van der Waals surface area (Å²) in [5.74, 6) is 0.824. The number of aliphatic hydroxyl groups excluding tert-OH is 1. The third-order valence-electron chi connectivity index (χ3n) is 3.56. The van der Waals surface area contributed by atoms with Gasteiger partial charge in [-0.2, -0.15) is 0 Å². The minimum absolute atomic E-state index is 0.0599. The van der Waals surface area contributed by atoms with Crippen molar-refractivity contribution in [3.63, 3.8) is 0 Å². The van der Waals surface area contributed by atoms with Crippen LogP contribution in [0.25, 0.3) is 0 Å². The predicted octanol–water partition coefficient (Wildman–Crippen LogP) is 2.12. The lowest BCUT2D eigenvalue weighted by Crippen LogP contribution is -2.31. The summed E-state index contributed by atoms with van der Waals surface area (Å²) in [6, 6.07) is 2.61. The van der Waals surface area contributed by atoms with Gasteiger partial charge in [-0.3, -0.25) is 4.98 Å². The molecule has 0 saturated heterocycles. The molecular formula is C13H20N2O. The van der Waals surface area contributed by atoms with E-state index in [1.54, 1.807) is 6.20 Å². The lowest BCUT2D eigenvalue weighted by Gasteiger charge is -2.29. The SMILES string of the molecule is Cc1cc(N(C)C(C)C2CC2)c(CO)cn1. The quantitative estimate of drug-likeness (QED) is 0.844. The maximum absolute atomic E-state index is 9.33. The van der Waals surface area contributed by atoms with E-state index in [2.05, 4.69) is 29.9 Å². The number of hydrogen-bond acceptors (Lipinski definition) is 3. The minimum atomic E-state index is 0.0599. The fourth-order valence-corrected chi connectivity index (χ4v) is 2.14. The molecule has 1 heterocycles. The zero-order valence-electron chi connectivity index (χ0n) is 10.3. The Bertz CT molecular complexity index is 374. The van der Waals surface area contributed by atoms with Crippen molar-refractivity contribution in [3.8, 4) is 0 Å². The second-order valence-corrected chi connectivity index (χ2v) is 4.80. The molecule has 2 rings (SSSR count). The molecule has 16 heavy (non-hydrogen) atoms. The van der Waals surface area contributed by atoms with E-state index in [4.69, 9.17) is 0 Å². The third kappa shape index (κ3) is 2.19. The first-order valence-electron chi connectivity index (χ1n) is 5.92. The molecule has 0 radical (unpaired) electrons. The Morgan fingerprint density at radius 2 is 2.25 bits per heavy atom. The van der Waals surface area contributed by atoms with E-state index in [1.807, 2.05) is 6.92 Å². The van der Waals surface area contributed by atoms with Crippen molar-refractivity contribution in [2.24, 2.45) is 5.92 Å². The monoisotopic (exact) mass is 220 g/mol. The van der Waals surface area contributed by atoms with Crippen LogP contribution < -0.4 is 4.90 Å². The predicted molar refractivity (Wildman–Crippen MR) is 65.5 cm³/mol. The number of rotatable bonds is 4. The van der Waals surface area contributed by atoms with E-state index < -0.39 is 0 Å². The second kappa shape index (κ2) is 4.42. The highest BCUT2D eigenvalue weighted by molar-refractivity contribution is 5.53. The molecule has 1 aliphatic carbocycles. The average Bonchev–Trinajstić information content (AvgIpc) is 3.11. The molecule has 3 heteroatoms. The average molecular weight is 220 g/mol. The molecule has 1 atom stereocenters. The van der Waals surface area contributed by atoms with Crippen LogP contribution in [0.4, 0.5) is 5.69 Å². The highest BCUT2D eigenvalue weighted by Crippen LogP contribution is 2.37. The summed E-state index contributed by atoms with van der Waals surface area (Å²) in [5.41, 5.74) is 3.04. The Morgan fingerprint density at radius 3 is 2.81 bits per heavy atom. The molecule has 3 nitrogen and oxygen atoms in total. The van der Waals surface area contributed by atoms with Gasteiger partial charge in [0.2, 0.25) is 0 Å². The van der Waals surface area contributed by atoms with Gasteiger partial charge in [-0.1, -0.05) is 0 Å². The van der Waals surface area contributed by atoms with Crippen LogP contribution in [0.1, 0.15) is 31.0 Å². The van der Waals surface area contributed by atoms with Gasteiger partial charge in [0.05, 0.1) is 6.61 Å². The molecule has 88 valence electrons. The Labute approximate surface area is 97.1 Å². The van der Waals surface area contributed by atoms with Gasteiger partial charge in [-0.25, -0.2) is 0 Å². The van der Waals surface area contributed by atoms with Gasteiger partial charge in [-0.05, 0) is 38.7 Å². The van der Waals surface area contributed by atoms with Crippen LogP contribution in [0.2, 0.25) is 0 Å². The van der Waals surface area contributed by atoms with Gasteiger partial charge in [0.1, 0.15) is 0 Å². The van der Waals surface area contributed by atoms with Crippen LogP contribution in [-0.2, 0) is 6.61 Å². The first kappa shape index (κ1) is 11.4. The van der Waals surface area contributed by atoms with Crippen molar-refractivity contribution in [1.29, 1.82) is 0 Å². The molecule has 1 aromatic rings. The van der Waals surface area contributed by atoms with Crippen molar-refractivity contribution in [3.05, 3.63) is 23.5 Å². The van der Waals surface area contributed by atoms with Crippen molar-refractivity contribution in [2.45, 2.75) is 39.3 Å². The van der Waals surface area contributed by atoms with Crippen LogP contribution in [-0.4, -0.2) is 23.2 Å². The summed E-state index contributed by atoms with van der Waals surface area (Å²) in [7, 11) is 2.11. The van der Waals surface area contributed by atoms with Gasteiger partial charge in [-0.15, -0.1) is 0 Å². The van der Waals surface area contributed by atoms with E-state index >= 15 is 0 Å². The summed E-state index contributed by atoms with van der Waals surface area (Å²) >= 11 is 0. The number of aliphatic hydroxyl groups is 1. The molecule has 0 spiro atoms. The van der Waals surface area contributed by atoms with Crippen molar-refractivity contribution in [2.75, 3.05) is 11.9 Å². The Hall–Kier alpha value is -1.09. The first-order chi connectivity index (χ1) is 7.63. The standard InChI is InChI=1S/C13H20N2O/c1-9-6-13(12(8-16)7-14-9)15(3)10(2)11-4-5-11/h6-7,10-11,16H,4-5,8H2,1-3H3. The van der Waals surface area contributed by atoms with Crippen molar-refractivity contribution in [1.82, 2.24) is 4.98 Å². The van der Waals surface area contributed by atoms with E-state index in [0.717, 1.165) is 22.9 Å². The molecule has 1 unspecified atom stereocenters. The molecule has 1 saturated carbocycles. The summed E-state index contributed by atoms with van der Waals surface area (Å²) in [4.78, 5) is 6.50. The highest BCUT2D eigenvalue weighted by atomic mass is 16.3. The molecule has 0 amide bonds. The smallest absolute Gasteiger partial charge is 0.0717 e. The number of aryl methyl sites for hydroxylation is 1. The Kier molecular flexibility index (Phi) is 3.15. The van der Waals surface area contributed by atoms with Crippen LogP contribution in [0, 0.1) is 12.8 Å². The van der Waals surface area contributed by atoms with Crippen LogP contribution in [0.3, 0.4) is 0 Å². The Balaban J connectivity index is 2.26. The molecule has 1 N–H and O–H groups in total. The van der Waals surface area contributed by atoms with Crippen molar-refractivity contribution >= 4 is 5.69 Å². The van der Waals surface area contributed by atoms with Crippen LogP contribution >= 0.6 is 0 Å². The molecular weight excluding hydrogens is 200 g/mol. The van der Waals surface area contributed by atoms with E-state index in [9.17, 15) is 5.11 Å². The molecule has 1 aromatic heterocycles. The van der Waals surface area contributed by atoms with E-state index in [-0.39, 0.29) is 6.61 Å². The largest absolute Gasteiger partial charge is 0.392 e. The fourth-order valence-electron chi connectivity index (χ4n) is 2.14. The highest BCUT2D eigenvalue weighted by Gasteiger charge is 2.31. The summed E-state index contributed by atoms with van der Waals surface area (Å²) < 4.78 is 0. The van der Waals surface area contributed by atoms with Gasteiger partial charge >= 0.3 is 0 Å². The summed E-state index contributed by atoms with van der Waals surface area (Å²) in [5, 5.41) is 9.33. The summed E-state index contributed by atoms with van der Waals surface area (Å²) in [6.45, 7) is 4.30. The lowest BCUT2D eigenvalue weighted by molar-refractivity contribution is 0.281. The summed E-state index contributed by atoms with van der Waals surface area (Å²) in [6.07, 6.45) is 4.45. The topological polar surface area (TPSA) is 36.4 Å². The minimum Gasteiger partial charge on any atom is -0.392 e. The zero-order chi connectivity index (χ0) is 11.7. The maximum Gasteiger partial charge on any atom is 0.0717 e. The fraction of sp³-hybridized carbons (Fsp3) is 0.615. The molecule has 0 bridgehead atoms. The molecule has 0 aromatic carbocycles. The second-order valence-electron chi connectivity index (χ2n) is 4.80. The van der Waals surface area contributed by atoms with Gasteiger partial charge in [0, 0.05) is 36.2 Å². The lowest BCUT2D eigenvalue weighted by atomic mass is 10.1.